The minimum absolute atomic E-state index is 0.370. The SMILES string of the molecule is CNC(C)c1sc(-c2ccc(Br)s2)nc1C. The van der Waals surface area contributed by atoms with Gasteiger partial charge in [-0.25, -0.2) is 4.98 Å². The molecule has 16 heavy (non-hydrogen) atoms. The molecule has 0 fully saturated rings. The fourth-order valence-electron chi connectivity index (χ4n) is 1.48. The summed E-state index contributed by atoms with van der Waals surface area (Å²) in [5.41, 5.74) is 1.13. The zero-order valence-electron chi connectivity index (χ0n) is 9.37. The highest BCUT2D eigenvalue weighted by Gasteiger charge is 2.14. The van der Waals surface area contributed by atoms with E-state index in [0.29, 0.717) is 6.04 Å². The van der Waals surface area contributed by atoms with Gasteiger partial charge in [-0.1, -0.05) is 0 Å². The lowest BCUT2D eigenvalue weighted by Crippen LogP contribution is -2.11. The molecule has 86 valence electrons. The molecule has 1 unspecified atom stereocenters. The highest BCUT2D eigenvalue weighted by Crippen LogP contribution is 2.36. The van der Waals surface area contributed by atoms with Crippen molar-refractivity contribution in [2.24, 2.45) is 0 Å². The second-order valence-electron chi connectivity index (χ2n) is 3.58. The number of nitrogens with zero attached hydrogens (tertiary/aromatic N) is 1. The van der Waals surface area contributed by atoms with Crippen LogP contribution in [0.2, 0.25) is 0 Å². The highest BCUT2D eigenvalue weighted by molar-refractivity contribution is 9.11. The Balaban J connectivity index is 2.37. The quantitative estimate of drug-likeness (QED) is 0.917. The summed E-state index contributed by atoms with van der Waals surface area (Å²) in [6.45, 7) is 4.24. The molecule has 0 spiro atoms. The van der Waals surface area contributed by atoms with E-state index in [1.165, 1.54) is 9.75 Å². The molecule has 0 aliphatic carbocycles. The number of nitrogens with one attached hydrogen (secondary N) is 1. The molecule has 0 bridgehead atoms. The van der Waals surface area contributed by atoms with E-state index in [9.17, 15) is 0 Å². The molecule has 2 aromatic rings. The Labute approximate surface area is 112 Å². The largest absolute Gasteiger partial charge is 0.312 e. The predicted octanol–water partition coefficient (Wildman–Crippen LogP) is 4.22. The van der Waals surface area contributed by atoms with Crippen LogP contribution in [0.15, 0.2) is 15.9 Å². The van der Waals surface area contributed by atoms with Gasteiger partial charge in [0.15, 0.2) is 0 Å². The van der Waals surface area contributed by atoms with Crippen LogP contribution in [-0.2, 0) is 0 Å². The summed E-state index contributed by atoms with van der Waals surface area (Å²) >= 11 is 6.98. The Morgan fingerprint density at radius 3 is 2.69 bits per heavy atom. The van der Waals surface area contributed by atoms with E-state index in [0.717, 1.165) is 14.5 Å². The molecule has 0 amide bonds. The van der Waals surface area contributed by atoms with E-state index in [-0.39, 0.29) is 0 Å². The van der Waals surface area contributed by atoms with Gasteiger partial charge in [0.05, 0.1) is 14.4 Å². The van der Waals surface area contributed by atoms with E-state index < -0.39 is 0 Å². The van der Waals surface area contributed by atoms with Crippen LogP contribution < -0.4 is 5.32 Å². The number of aromatic nitrogens is 1. The predicted molar refractivity (Wildman–Crippen MR) is 75.3 cm³/mol. The molecule has 2 aromatic heterocycles. The fraction of sp³-hybridized carbons (Fsp3) is 0.364. The third-order valence-corrected chi connectivity index (χ3v) is 5.58. The Morgan fingerprint density at radius 1 is 1.38 bits per heavy atom. The van der Waals surface area contributed by atoms with Crippen molar-refractivity contribution in [1.29, 1.82) is 0 Å². The van der Waals surface area contributed by atoms with E-state index in [4.69, 9.17) is 0 Å². The Kier molecular flexibility index (Phi) is 3.79. The minimum atomic E-state index is 0.370. The molecule has 0 radical (unpaired) electrons. The lowest BCUT2D eigenvalue weighted by atomic mass is 10.2. The van der Waals surface area contributed by atoms with Crippen LogP contribution in [0.1, 0.15) is 23.5 Å². The van der Waals surface area contributed by atoms with Gasteiger partial charge in [-0.2, -0.15) is 0 Å². The van der Waals surface area contributed by atoms with Crippen molar-refractivity contribution in [3.8, 4) is 9.88 Å². The van der Waals surface area contributed by atoms with E-state index in [2.05, 4.69) is 52.2 Å². The van der Waals surface area contributed by atoms with E-state index in [1.807, 2.05) is 7.05 Å². The molecule has 1 atom stereocenters. The molecule has 0 saturated heterocycles. The number of hydrogen-bond donors (Lipinski definition) is 1. The first-order valence-electron chi connectivity index (χ1n) is 5.02. The van der Waals surface area contributed by atoms with Crippen LogP contribution >= 0.6 is 38.6 Å². The van der Waals surface area contributed by atoms with Crippen molar-refractivity contribution in [2.75, 3.05) is 7.05 Å². The third-order valence-electron chi connectivity index (χ3n) is 2.44. The van der Waals surface area contributed by atoms with Crippen LogP contribution in [0.25, 0.3) is 9.88 Å². The lowest BCUT2D eigenvalue weighted by Gasteiger charge is -2.06. The summed E-state index contributed by atoms with van der Waals surface area (Å²) < 4.78 is 1.15. The molecule has 2 nitrogen and oxygen atoms in total. The number of thiazole rings is 1. The van der Waals surface area contributed by atoms with Gasteiger partial charge >= 0.3 is 0 Å². The van der Waals surface area contributed by atoms with Crippen LogP contribution in [-0.4, -0.2) is 12.0 Å². The molecule has 0 aliphatic heterocycles. The lowest BCUT2D eigenvalue weighted by molar-refractivity contribution is 0.658. The topological polar surface area (TPSA) is 24.9 Å². The van der Waals surface area contributed by atoms with Crippen molar-refractivity contribution in [1.82, 2.24) is 10.3 Å². The minimum Gasteiger partial charge on any atom is -0.312 e. The molecule has 0 aromatic carbocycles. The molecular formula is C11H13BrN2S2. The van der Waals surface area contributed by atoms with Crippen LogP contribution in [0.3, 0.4) is 0 Å². The second-order valence-corrected chi connectivity index (χ2v) is 7.08. The maximum atomic E-state index is 4.63. The Bertz CT molecular complexity index is 490. The zero-order valence-corrected chi connectivity index (χ0v) is 12.6. The molecule has 5 heteroatoms. The smallest absolute Gasteiger partial charge is 0.133 e. The van der Waals surface area contributed by atoms with Crippen LogP contribution in [0, 0.1) is 6.92 Å². The number of halogens is 1. The van der Waals surface area contributed by atoms with Crippen molar-refractivity contribution in [3.05, 3.63) is 26.5 Å². The first-order chi connectivity index (χ1) is 7.61. The number of thiophene rings is 1. The maximum absolute atomic E-state index is 4.63. The second kappa shape index (κ2) is 4.96. The van der Waals surface area contributed by atoms with Gasteiger partial charge in [0.2, 0.25) is 0 Å². The van der Waals surface area contributed by atoms with Gasteiger partial charge in [0.1, 0.15) is 5.01 Å². The van der Waals surface area contributed by atoms with Crippen molar-refractivity contribution >= 4 is 38.6 Å². The van der Waals surface area contributed by atoms with Gasteiger partial charge in [-0.15, -0.1) is 22.7 Å². The molecule has 0 aliphatic rings. The summed E-state index contributed by atoms with van der Waals surface area (Å²) in [5.74, 6) is 0. The molecule has 2 rings (SSSR count). The first kappa shape index (κ1) is 12.2. The average Bonchev–Trinajstić information content (AvgIpc) is 2.83. The first-order valence-corrected chi connectivity index (χ1v) is 7.44. The number of aryl methyl sites for hydroxylation is 1. The standard InChI is InChI=1S/C11H13BrN2S2/c1-6(13-3)10-7(2)14-11(16-10)8-4-5-9(12)15-8/h4-6,13H,1-3H3. The Morgan fingerprint density at radius 2 is 2.12 bits per heavy atom. The van der Waals surface area contributed by atoms with Gasteiger partial charge in [0.25, 0.3) is 0 Å². The van der Waals surface area contributed by atoms with Crippen molar-refractivity contribution in [3.63, 3.8) is 0 Å². The van der Waals surface area contributed by atoms with Gasteiger partial charge in [-0.3, -0.25) is 0 Å². The Hall–Kier alpha value is -0.230. The summed E-state index contributed by atoms with van der Waals surface area (Å²) in [6, 6.07) is 4.55. The normalized spacial score (nSPS) is 13.0. The zero-order chi connectivity index (χ0) is 11.7. The van der Waals surface area contributed by atoms with Crippen molar-refractivity contribution in [2.45, 2.75) is 19.9 Å². The number of rotatable bonds is 3. The molecular weight excluding hydrogens is 304 g/mol. The summed E-state index contributed by atoms with van der Waals surface area (Å²) in [7, 11) is 1.98. The van der Waals surface area contributed by atoms with E-state index >= 15 is 0 Å². The molecule has 1 N–H and O–H groups in total. The summed E-state index contributed by atoms with van der Waals surface area (Å²) in [4.78, 5) is 7.18. The average molecular weight is 317 g/mol. The van der Waals surface area contributed by atoms with Gasteiger partial charge in [0, 0.05) is 10.9 Å². The van der Waals surface area contributed by atoms with Gasteiger partial charge in [-0.05, 0) is 49.0 Å². The monoisotopic (exact) mass is 316 g/mol. The van der Waals surface area contributed by atoms with Crippen LogP contribution in [0.5, 0.6) is 0 Å². The maximum Gasteiger partial charge on any atom is 0.133 e. The summed E-state index contributed by atoms with van der Waals surface area (Å²) in [6.07, 6.45) is 0. The fourth-order valence-corrected chi connectivity index (χ4v) is 4.04. The summed E-state index contributed by atoms with van der Waals surface area (Å²) in [5, 5.41) is 4.37. The third kappa shape index (κ3) is 2.37. The van der Waals surface area contributed by atoms with Gasteiger partial charge < -0.3 is 5.32 Å². The molecule has 2 heterocycles. The van der Waals surface area contributed by atoms with E-state index in [1.54, 1.807) is 22.7 Å². The molecule has 0 saturated carbocycles. The highest BCUT2D eigenvalue weighted by atomic mass is 79.9. The van der Waals surface area contributed by atoms with Crippen molar-refractivity contribution < 1.29 is 0 Å². The van der Waals surface area contributed by atoms with Crippen LogP contribution in [0.4, 0.5) is 0 Å². The number of hydrogen-bond acceptors (Lipinski definition) is 4.